The van der Waals surface area contributed by atoms with E-state index in [1.807, 2.05) is 18.2 Å². The van der Waals surface area contributed by atoms with E-state index in [4.69, 9.17) is 4.74 Å². The van der Waals surface area contributed by atoms with Crippen molar-refractivity contribution in [3.05, 3.63) is 59.2 Å². The Balaban J connectivity index is 1.71. The van der Waals surface area contributed by atoms with Gasteiger partial charge in [0.2, 0.25) is 5.91 Å². The van der Waals surface area contributed by atoms with Crippen LogP contribution in [0.25, 0.3) is 11.1 Å². The summed E-state index contributed by atoms with van der Waals surface area (Å²) < 4.78 is 43.7. The smallest absolute Gasteiger partial charge is 0.416 e. The second-order valence-corrected chi connectivity index (χ2v) is 8.94. The summed E-state index contributed by atoms with van der Waals surface area (Å²) in [6.45, 7) is 7.73. The zero-order valence-corrected chi connectivity index (χ0v) is 18.5. The van der Waals surface area contributed by atoms with Crippen molar-refractivity contribution in [3.8, 4) is 11.1 Å². The summed E-state index contributed by atoms with van der Waals surface area (Å²) in [5, 5.41) is 2.57. The largest absolute Gasteiger partial charge is 0.444 e. The summed E-state index contributed by atoms with van der Waals surface area (Å²) in [4.78, 5) is 26.5. The van der Waals surface area contributed by atoms with E-state index < -0.39 is 29.5 Å². The van der Waals surface area contributed by atoms with Crippen LogP contribution in [-0.2, 0) is 28.7 Å². The summed E-state index contributed by atoms with van der Waals surface area (Å²) in [6.07, 6.45) is -4.37. The van der Waals surface area contributed by atoms with E-state index in [-0.39, 0.29) is 5.91 Å². The van der Waals surface area contributed by atoms with Gasteiger partial charge in [0.05, 0.1) is 5.56 Å². The van der Waals surface area contributed by atoms with Gasteiger partial charge in [0.15, 0.2) is 0 Å². The minimum Gasteiger partial charge on any atom is -0.444 e. The number of benzene rings is 2. The van der Waals surface area contributed by atoms with Crippen LogP contribution in [0.1, 0.15) is 44.4 Å². The van der Waals surface area contributed by atoms with E-state index in [1.54, 1.807) is 32.6 Å². The van der Waals surface area contributed by atoms with E-state index in [2.05, 4.69) is 5.32 Å². The fraction of sp³-hybridized carbons (Fsp3) is 0.417. The number of carbonyl (C=O) groups is 2. The number of hydrogen-bond acceptors (Lipinski definition) is 3. The third-order valence-electron chi connectivity index (χ3n) is 5.18. The SMILES string of the molecule is C[C@@H](NC(=O)OC(C)(C)C)C(=O)N1CCc2ccc(-c3ccc(C(F)(F)F)cc3)cc2C1. The van der Waals surface area contributed by atoms with E-state index in [0.717, 1.165) is 28.8 Å². The summed E-state index contributed by atoms with van der Waals surface area (Å²) in [5.41, 5.74) is 2.13. The lowest BCUT2D eigenvalue weighted by molar-refractivity contribution is -0.137. The van der Waals surface area contributed by atoms with Crippen molar-refractivity contribution >= 4 is 12.0 Å². The molecule has 0 aromatic heterocycles. The first-order chi connectivity index (χ1) is 14.8. The number of alkyl carbamates (subject to hydrolysis) is 1. The highest BCUT2D eigenvalue weighted by atomic mass is 19.4. The molecule has 8 heteroatoms. The van der Waals surface area contributed by atoms with Crippen molar-refractivity contribution in [2.45, 2.75) is 58.5 Å². The lowest BCUT2D eigenvalue weighted by atomic mass is 9.94. The molecule has 1 aliphatic heterocycles. The molecule has 172 valence electrons. The number of nitrogens with one attached hydrogen (secondary N) is 1. The van der Waals surface area contributed by atoms with Crippen LogP contribution >= 0.6 is 0 Å². The molecule has 1 aliphatic rings. The van der Waals surface area contributed by atoms with Crippen LogP contribution in [-0.4, -0.2) is 35.1 Å². The van der Waals surface area contributed by atoms with Gasteiger partial charge in [0.1, 0.15) is 11.6 Å². The summed E-state index contributed by atoms with van der Waals surface area (Å²) in [5.74, 6) is -0.221. The lowest BCUT2D eigenvalue weighted by Crippen LogP contribution is -2.49. The summed E-state index contributed by atoms with van der Waals surface area (Å²) in [6, 6.07) is 10.0. The third-order valence-corrected chi connectivity index (χ3v) is 5.18. The molecule has 0 radical (unpaired) electrons. The van der Waals surface area contributed by atoms with Crippen molar-refractivity contribution in [2.75, 3.05) is 6.54 Å². The predicted octanol–water partition coefficient (Wildman–Crippen LogP) is 5.17. The maximum absolute atomic E-state index is 12.8. The Morgan fingerprint density at radius 2 is 1.62 bits per heavy atom. The Kier molecular flexibility index (Phi) is 6.53. The van der Waals surface area contributed by atoms with Crippen molar-refractivity contribution in [3.63, 3.8) is 0 Å². The Hall–Kier alpha value is -3.03. The molecule has 0 fully saturated rings. The van der Waals surface area contributed by atoms with Crippen molar-refractivity contribution in [1.82, 2.24) is 10.2 Å². The van der Waals surface area contributed by atoms with Crippen LogP contribution in [0, 0.1) is 0 Å². The molecule has 5 nitrogen and oxygen atoms in total. The highest BCUT2D eigenvalue weighted by molar-refractivity contribution is 5.85. The van der Waals surface area contributed by atoms with Gasteiger partial charge in [-0.1, -0.05) is 24.3 Å². The lowest BCUT2D eigenvalue weighted by Gasteiger charge is -2.31. The van der Waals surface area contributed by atoms with Crippen LogP contribution in [0.15, 0.2) is 42.5 Å². The predicted molar refractivity (Wildman–Crippen MR) is 115 cm³/mol. The fourth-order valence-electron chi connectivity index (χ4n) is 3.60. The number of amides is 2. The van der Waals surface area contributed by atoms with Gasteiger partial charge in [-0.15, -0.1) is 0 Å². The molecule has 1 heterocycles. The standard InChI is InChI=1S/C24H27F3N2O3/c1-15(28-22(31)32-23(2,3)4)21(30)29-12-11-17-5-6-18(13-19(17)14-29)16-7-9-20(10-8-16)24(25,26)27/h5-10,13,15H,11-12,14H2,1-4H3,(H,28,31)/t15-/m1/s1. The van der Waals surface area contributed by atoms with Crippen LogP contribution in [0.3, 0.4) is 0 Å². The molecule has 2 aromatic rings. The topological polar surface area (TPSA) is 58.6 Å². The van der Waals surface area contributed by atoms with E-state index >= 15 is 0 Å². The van der Waals surface area contributed by atoms with Gasteiger partial charge in [0.25, 0.3) is 0 Å². The molecule has 0 aliphatic carbocycles. The van der Waals surface area contributed by atoms with E-state index in [0.29, 0.717) is 25.1 Å². The van der Waals surface area contributed by atoms with Gasteiger partial charge >= 0.3 is 12.3 Å². The first-order valence-corrected chi connectivity index (χ1v) is 10.4. The average Bonchev–Trinajstić information content (AvgIpc) is 2.70. The molecular formula is C24H27F3N2O3. The molecule has 1 atom stereocenters. The molecule has 2 aromatic carbocycles. The van der Waals surface area contributed by atoms with Gasteiger partial charge in [-0.3, -0.25) is 4.79 Å². The molecule has 0 unspecified atom stereocenters. The van der Waals surface area contributed by atoms with E-state index in [1.165, 1.54) is 12.1 Å². The molecule has 0 saturated carbocycles. The van der Waals surface area contributed by atoms with Crippen LogP contribution in [0.5, 0.6) is 0 Å². The van der Waals surface area contributed by atoms with Crippen LogP contribution in [0.4, 0.5) is 18.0 Å². The number of alkyl halides is 3. The Bertz CT molecular complexity index is 995. The van der Waals surface area contributed by atoms with Gasteiger partial charge < -0.3 is 15.0 Å². The molecule has 3 rings (SSSR count). The van der Waals surface area contributed by atoms with Gasteiger partial charge in [-0.2, -0.15) is 13.2 Å². The van der Waals surface area contributed by atoms with Crippen molar-refractivity contribution < 1.29 is 27.5 Å². The van der Waals surface area contributed by atoms with Crippen molar-refractivity contribution in [1.29, 1.82) is 0 Å². The summed E-state index contributed by atoms with van der Waals surface area (Å²) in [7, 11) is 0. The first kappa shape index (κ1) is 23.6. The number of nitrogens with zero attached hydrogens (tertiary/aromatic N) is 1. The number of fused-ring (bicyclic) bond motifs is 1. The van der Waals surface area contributed by atoms with E-state index in [9.17, 15) is 22.8 Å². The average molecular weight is 448 g/mol. The minimum absolute atomic E-state index is 0.221. The first-order valence-electron chi connectivity index (χ1n) is 10.4. The summed E-state index contributed by atoms with van der Waals surface area (Å²) >= 11 is 0. The second-order valence-electron chi connectivity index (χ2n) is 8.94. The number of halogens is 3. The molecule has 1 N–H and O–H groups in total. The van der Waals surface area contributed by atoms with Crippen LogP contribution in [0.2, 0.25) is 0 Å². The monoisotopic (exact) mass is 448 g/mol. The zero-order chi connectivity index (χ0) is 23.7. The highest BCUT2D eigenvalue weighted by Gasteiger charge is 2.30. The Morgan fingerprint density at radius 3 is 2.22 bits per heavy atom. The molecule has 0 saturated heterocycles. The quantitative estimate of drug-likeness (QED) is 0.705. The van der Waals surface area contributed by atoms with Crippen molar-refractivity contribution in [2.24, 2.45) is 0 Å². The normalized spacial score (nSPS) is 15.0. The number of rotatable bonds is 3. The maximum Gasteiger partial charge on any atom is 0.416 e. The maximum atomic E-state index is 12.8. The fourth-order valence-corrected chi connectivity index (χ4v) is 3.60. The molecule has 32 heavy (non-hydrogen) atoms. The molecule has 0 bridgehead atoms. The second kappa shape index (κ2) is 8.84. The molecular weight excluding hydrogens is 421 g/mol. The van der Waals surface area contributed by atoms with Gasteiger partial charge in [0, 0.05) is 13.1 Å². The Labute approximate surface area is 185 Å². The number of ether oxygens (including phenoxy) is 1. The number of carbonyl (C=O) groups excluding carboxylic acids is 2. The third kappa shape index (κ3) is 5.81. The highest BCUT2D eigenvalue weighted by Crippen LogP contribution is 2.32. The molecule has 0 spiro atoms. The minimum atomic E-state index is -4.38. The van der Waals surface area contributed by atoms with Gasteiger partial charge in [-0.05, 0) is 74.6 Å². The number of hydrogen-bond donors (Lipinski definition) is 1. The molecule has 2 amide bonds. The Morgan fingerprint density at radius 1 is 1.00 bits per heavy atom. The van der Waals surface area contributed by atoms with Crippen LogP contribution < -0.4 is 5.32 Å². The van der Waals surface area contributed by atoms with Gasteiger partial charge in [-0.25, -0.2) is 4.79 Å². The zero-order valence-electron chi connectivity index (χ0n) is 18.5.